The summed E-state index contributed by atoms with van der Waals surface area (Å²) < 4.78 is 19.0. The van der Waals surface area contributed by atoms with E-state index >= 15 is 0 Å². The minimum Gasteiger partial charge on any atom is -0.306 e. The quantitative estimate of drug-likeness (QED) is 0.670. The standard InChI is InChI=1S/C8H19NO2S/c1-7(2)9(8(3)4)5-6-12(10)11/h7-8H,5-6H2,1-4H3,(H,10,11). The summed E-state index contributed by atoms with van der Waals surface area (Å²) in [6.07, 6.45) is 0. The number of rotatable bonds is 5. The van der Waals surface area contributed by atoms with Crippen molar-refractivity contribution in [2.75, 3.05) is 12.3 Å². The molecule has 0 aromatic heterocycles. The highest BCUT2D eigenvalue weighted by Crippen LogP contribution is 2.03. The van der Waals surface area contributed by atoms with E-state index in [1.54, 1.807) is 0 Å². The van der Waals surface area contributed by atoms with E-state index in [2.05, 4.69) is 32.6 Å². The molecule has 0 aromatic rings. The van der Waals surface area contributed by atoms with Gasteiger partial charge in [0.2, 0.25) is 0 Å². The van der Waals surface area contributed by atoms with E-state index in [9.17, 15) is 4.21 Å². The Morgan fingerprint density at radius 1 is 1.25 bits per heavy atom. The third-order valence-electron chi connectivity index (χ3n) is 1.85. The molecule has 0 rings (SSSR count). The van der Waals surface area contributed by atoms with E-state index < -0.39 is 11.1 Å². The van der Waals surface area contributed by atoms with Gasteiger partial charge < -0.3 is 4.55 Å². The van der Waals surface area contributed by atoms with Crippen molar-refractivity contribution in [1.82, 2.24) is 4.90 Å². The summed E-state index contributed by atoms with van der Waals surface area (Å²) >= 11 is -1.66. The van der Waals surface area contributed by atoms with Crippen LogP contribution in [0.5, 0.6) is 0 Å². The molecule has 0 saturated heterocycles. The first-order chi connectivity index (χ1) is 5.45. The molecule has 0 aliphatic carbocycles. The van der Waals surface area contributed by atoms with Crippen LogP contribution in [0.2, 0.25) is 0 Å². The van der Waals surface area contributed by atoms with Crippen molar-refractivity contribution in [3.8, 4) is 0 Å². The molecule has 0 bridgehead atoms. The van der Waals surface area contributed by atoms with Gasteiger partial charge in [-0.25, -0.2) is 4.21 Å². The minimum absolute atomic E-state index is 0.344. The predicted octanol–water partition coefficient (Wildman–Crippen LogP) is 1.33. The topological polar surface area (TPSA) is 40.5 Å². The Hall–Kier alpha value is 0.0700. The van der Waals surface area contributed by atoms with Crippen molar-refractivity contribution < 1.29 is 8.76 Å². The highest BCUT2D eigenvalue weighted by atomic mass is 32.2. The molecule has 74 valence electrons. The molecule has 0 fully saturated rings. The van der Waals surface area contributed by atoms with E-state index in [-0.39, 0.29) is 0 Å². The molecule has 0 aromatic carbocycles. The van der Waals surface area contributed by atoms with Crippen molar-refractivity contribution in [3.05, 3.63) is 0 Å². The monoisotopic (exact) mass is 193 g/mol. The van der Waals surface area contributed by atoms with Crippen LogP contribution >= 0.6 is 0 Å². The Balaban J connectivity index is 3.88. The van der Waals surface area contributed by atoms with E-state index in [1.165, 1.54) is 0 Å². The summed E-state index contributed by atoms with van der Waals surface area (Å²) in [6, 6.07) is 0.877. The molecule has 4 heteroatoms. The molecule has 3 nitrogen and oxygen atoms in total. The highest BCUT2D eigenvalue weighted by Gasteiger charge is 2.13. The molecule has 1 N–H and O–H groups in total. The molecule has 1 atom stereocenters. The fourth-order valence-corrected chi connectivity index (χ4v) is 1.66. The summed E-state index contributed by atoms with van der Waals surface area (Å²) in [5.41, 5.74) is 0. The van der Waals surface area contributed by atoms with E-state index in [1.807, 2.05) is 0 Å². The predicted molar refractivity (Wildman–Crippen MR) is 52.6 cm³/mol. The average Bonchev–Trinajstić information content (AvgIpc) is 1.84. The fraction of sp³-hybridized carbons (Fsp3) is 1.00. The first-order valence-corrected chi connectivity index (χ1v) is 5.56. The van der Waals surface area contributed by atoms with Crippen molar-refractivity contribution in [1.29, 1.82) is 0 Å². The van der Waals surface area contributed by atoms with Gasteiger partial charge in [0.05, 0.1) is 5.75 Å². The van der Waals surface area contributed by atoms with Crippen molar-refractivity contribution >= 4 is 11.1 Å². The Bertz CT molecular complexity index is 140. The molecule has 0 radical (unpaired) electrons. The first kappa shape index (κ1) is 12.1. The second kappa shape index (κ2) is 5.67. The third-order valence-corrected chi connectivity index (χ3v) is 2.38. The summed E-state index contributed by atoms with van der Waals surface area (Å²) in [5, 5.41) is 0. The van der Waals surface area contributed by atoms with Crippen LogP contribution in [0, 0.1) is 0 Å². The van der Waals surface area contributed by atoms with Gasteiger partial charge in [-0.3, -0.25) is 4.90 Å². The maximum absolute atomic E-state index is 10.4. The van der Waals surface area contributed by atoms with Crippen LogP contribution in [-0.4, -0.2) is 38.0 Å². The zero-order valence-electron chi connectivity index (χ0n) is 8.28. The molecule has 0 aliphatic heterocycles. The van der Waals surface area contributed by atoms with Crippen LogP contribution in [0.1, 0.15) is 27.7 Å². The summed E-state index contributed by atoms with van der Waals surface area (Å²) in [6.45, 7) is 9.08. The smallest absolute Gasteiger partial charge is 0.154 e. The molecule has 0 amide bonds. The van der Waals surface area contributed by atoms with Gasteiger partial charge in [-0.15, -0.1) is 0 Å². The van der Waals surface area contributed by atoms with Gasteiger partial charge in [0, 0.05) is 18.6 Å². The lowest BCUT2D eigenvalue weighted by atomic mass is 10.2. The molecule has 0 aliphatic rings. The second-order valence-corrected chi connectivity index (χ2v) is 4.50. The van der Waals surface area contributed by atoms with Crippen LogP contribution < -0.4 is 0 Å². The maximum Gasteiger partial charge on any atom is 0.154 e. The molecule has 0 saturated carbocycles. The maximum atomic E-state index is 10.4. The molecule has 0 spiro atoms. The average molecular weight is 193 g/mol. The largest absolute Gasteiger partial charge is 0.306 e. The summed E-state index contributed by atoms with van der Waals surface area (Å²) in [5.74, 6) is 0.344. The molecular formula is C8H19NO2S. The second-order valence-electron chi connectivity index (χ2n) is 3.45. The van der Waals surface area contributed by atoms with E-state index in [0.29, 0.717) is 24.4 Å². The van der Waals surface area contributed by atoms with Crippen LogP contribution in [0.25, 0.3) is 0 Å². The van der Waals surface area contributed by atoms with Crippen molar-refractivity contribution in [2.45, 2.75) is 39.8 Å². The molecular weight excluding hydrogens is 174 g/mol. The third kappa shape index (κ3) is 4.85. The van der Waals surface area contributed by atoms with Gasteiger partial charge in [-0.2, -0.15) is 0 Å². The van der Waals surface area contributed by atoms with E-state index in [0.717, 1.165) is 0 Å². The zero-order chi connectivity index (χ0) is 9.72. The van der Waals surface area contributed by atoms with Gasteiger partial charge in [0.25, 0.3) is 0 Å². The Morgan fingerprint density at radius 3 is 1.92 bits per heavy atom. The molecule has 12 heavy (non-hydrogen) atoms. The zero-order valence-corrected chi connectivity index (χ0v) is 9.10. The lowest BCUT2D eigenvalue weighted by Gasteiger charge is -2.29. The Kier molecular flexibility index (Phi) is 5.70. The molecule has 1 unspecified atom stereocenters. The fourth-order valence-electron chi connectivity index (χ4n) is 1.30. The summed E-state index contributed by atoms with van der Waals surface area (Å²) in [4.78, 5) is 2.20. The minimum atomic E-state index is -1.66. The van der Waals surface area contributed by atoms with Gasteiger partial charge >= 0.3 is 0 Å². The van der Waals surface area contributed by atoms with Gasteiger partial charge in [-0.05, 0) is 27.7 Å². The SMILES string of the molecule is CC(C)N(CCS(=O)O)C(C)C. The van der Waals surface area contributed by atoms with Crippen LogP contribution in [0.3, 0.4) is 0 Å². The van der Waals surface area contributed by atoms with E-state index in [4.69, 9.17) is 4.55 Å². The lowest BCUT2D eigenvalue weighted by Crippen LogP contribution is -2.39. The first-order valence-electron chi connectivity index (χ1n) is 4.28. The van der Waals surface area contributed by atoms with Crippen molar-refractivity contribution in [2.24, 2.45) is 0 Å². The number of hydrogen-bond donors (Lipinski definition) is 1. The molecule has 0 heterocycles. The Morgan fingerprint density at radius 2 is 1.67 bits per heavy atom. The van der Waals surface area contributed by atoms with Crippen LogP contribution in [0.15, 0.2) is 0 Å². The lowest BCUT2D eigenvalue weighted by molar-refractivity contribution is 0.186. The van der Waals surface area contributed by atoms with Crippen LogP contribution in [-0.2, 0) is 11.1 Å². The van der Waals surface area contributed by atoms with Gasteiger partial charge in [-0.1, -0.05) is 0 Å². The Labute approximate surface area is 77.4 Å². The normalized spacial score (nSPS) is 14.7. The van der Waals surface area contributed by atoms with Gasteiger partial charge in [0.1, 0.15) is 0 Å². The van der Waals surface area contributed by atoms with Gasteiger partial charge in [0.15, 0.2) is 11.1 Å². The van der Waals surface area contributed by atoms with Crippen molar-refractivity contribution in [3.63, 3.8) is 0 Å². The highest BCUT2D eigenvalue weighted by molar-refractivity contribution is 7.79. The number of nitrogens with zero attached hydrogens (tertiary/aromatic N) is 1. The van der Waals surface area contributed by atoms with Crippen LogP contribution in [0.4, 0.5) is 0 Å². The number of hydrogen-bond acceptors (Lipinski definition) is 2. The summed E-state index contributed by atoms with van der Waals surface area (Å²) in [7, 11) is 0.